The first-order valence-corrected chi connectivity index (χ1v) is 6.54. The number of carbonyl (C=O) groups is 1. The van der Waals surface area contributed by atoms with Crippen LogP contribution < -0.4 is 0 Å². The highest BCUT2D eigenvalue weighted by molar-refractivity contribution is 5.82. The van der Waals surface area contributed by atoms with Crippen LogP contribution >= 0.6 is 0 Å². The minimum absolute atomic E-state index is 0.0490. The molecule has 1 aliphatic rings. The number of morpholine rings is 1. The highest BCUT2D eigenvalue weighted by atomic mass is 16.5. The van der Waals surface area contributed by atoms with Crippen LogP contribution in [0.1, 0.15) is 12.5 Å². The van der Waals surface area contributed by atoms with Gasteiger partial charge in [0.15, 0.2) is 0 Å². The molecule has 1 saturated heterocycles. The van der Waals surface area contributed by atoms with E-state index in [1.807, 2.05) is 37.3 Å². The quantitative estimate of drug-likeness (QED) is 0.827. The van der Waals surface area contributed by atoms with Gasteiger partial charge in [-0.1, -0.05) is 30.3 Å². The molecule has 0 bridgehead atoms. The van der Waals surface area contributed by atoms with Gasteiger partial charge in [0.25, 0.3) is 0 Å². The van der Waals surface area contributed by atoms with E-state index in [-0.39, 0.29) is 11.9 Å². The topological polar surface area (TPSA) is 53.3 Å². The maximum Gasteiger partial charge on any atom is 0.240 e. The lowest BCUT2D eigenvalue weighted by molar-refractivity contribution is -0.141. The predicted octanol–water partition coefficient (Wildman–Crippen LogP) is 1.62. The lowest BCUT2D eigenvalue weighted by Crippen LogP contribution is -2.49. The summed E-state index contributed by atoms with van der Waals surface area (Å²) in [5.41, 5.74) is 1.02. The number of hydrogen-bond donors (Lipinski definition) is 0. The average Bonchev–Trinajstić information content (AvgIpc) is 2.46. The van der Waals surface area contributed by atoms with Gasteiger partial charge < -0.3 is 9.64 Å². The van der Waals surface area contributed by atoms with Gasteiger partial charge in [-0.3, -0.25) is 4.79 Å². The van der Waals surface area contributed by atoms with E-state index in [4.69, 9.17) is 4.74 Å². The highest BCUT2D eigenvalue weighted by Gasteiger charge is 2.29. The van der Waals surface area contributed by atoms with E-state index in [2.05, 4.69) is 6.07 Å². The van der Waals surface area contributed by atoms with Gasteiger partial charge in [0, 0.05) is 6.54 Å². The molecule has 0 N–H and O–H groups in total. The third-order valence-electron chi connectivity index (χ3n) is 3.39. The lowest BCUT2D eigenvalue weighted by Gasteiger charge is -2.34. The summed E-state index contributed by atoms with van der Waals surface area (Å²) in [6, 6.07) is 11.8. The molecule has 0 radical (unpaired) electrons. The Labute approximate surface area is 113 Å². The van der Waals surface area contributed by atoms with E-state index >= 15 is 0 Å². The fourth-order valence-corrected chi connectivity index (χ4v) is 2.29. The Balaban J connectivity index is 2.05. The van der Waals surface area contributed by atoms with Gasteiger partial charge >= 0.3 is 0 Å². The smallest absolute Gasteiger partial charge is 0.240 e. The second kappa shape index (κ2) is 6.35. The molecule has 0 aliphatic carbocycles. The summed E-state index contributed by atoms with van der Waals surface area (Å²) in [4.78, 5) is 14.2. The van der Waals surface area contributed by atoms with Crippen molar-refractivity contribution in [2.24, 2.45) is 5.92 Å². The van der Waals surface area contributed by atoms with E-state index in [0.717, 1.165) is 5.56 Å². The summed E-state index contributed by atoms with van der Waals surface area (Å²) in [5.74, 6) is -0.690. The Kier molecular flexibility index (Phi) is 4.53. The van der Waals surface area contributed by atoms with Crippen LogP contribution in [0.2, 0.25) is 0 Å². The van der Waals surface area contributed by atoms with E-state index in [1.165, 1.54) is 0 Å². The Morgan fingerprint density at radius 3 is 2.89 bits per heavy atom. The second-order valence-electron chi connectivity index (χ2n) is 4.83. The van der Waals surface area contributed by atoms with Crippen LogP contribution in [0.5, 0.6) is 0 Å². The minimum atomic E-state index is -0.608. The first-order valence-electron chi connectivity index (χ1n) is 6.54. The van der Waals surface area contributed by atoms with Crippen LogP contribution in [-0.2, 0) is 16.0 Å². The number of carbonyl (C=O) groups excluding carboxylic acids is 1. The third kappa shape index (κ3) is 3.33. The molecule has 1 aromatic carbocycles. The fraction of sp³-hybridized carbons (Fsp3) is 0.467. The monoisotopic (exact) mass is 258 g/mol. The summed E-state index contributed by atoms with van der Waals surface area (Å²) < 4.78 is 5.32. The molecule has 1 amide bonds. The summed E-state index contributed by atoms with van der Waals surface area (Å²) >= 11 is 0. The molecule has 1 aromatic rings. The highest BCUT2D eigenvalue weighted by Crippen LogP contribution is 2.15. The molecule has 2 unspecified atom stereocenters. The van der Waals surface area contributed by atoms with Crippen molar-refractivity contribution in [1.82, 2.24) is 4.90 Å². The van der Waals surface area contributed by atoms with Gasteiger partial charge in [0.05, 0.1) is 25.3 Å². The number of benzene rings is 1. The van der Waals surface area contributed by atoms with Crippen molar-refractivity contribution in [1.29, 1.82) is 5.26 Å². The summed E-state index contributed by atoms with van der Waals surface area (Å²) in [7, 11) is 0. The van der Waals surface area contributed by atoms with Gasteiger partial charge in [-0.2, -0.15) is 5.26 Å². The van der Waals surface area contributed by atoms with Crippen LogP contribution in [0.4, 0.5) is 0 Å². The molecule has 0 aromatic heterocycles. The molecule has 1 aliphatic heterocycles. The fourth-order valence-electron chi connectivity index (χ4n) is 2.29. The molecule has 1 heterocycles. The Hall–Kier alpha value is -1.86. The van der Waals surface area contributed by atoms with Crippen molar-refractivity contribution in [2.75, 3.05) is 19.8 Å². The molecule has 19 heavy (non-hydrogen) atoms. The third-order valence-corrected chi connectivity index (χ3v) is 3.39. The second-order valence-corrected chi connectivity index (χ2v) is 4.83. The molecule has 4 heteroatoms. The maximum atomic E-state index is 12.4. The van der Waals surface area contributed by atoms with Crippen LogP contribution in [0.25, 0.3) is 0 Å². The van der Waals surface area contributed by atoms with Crippen LogP contribution in [0.15, 0.2) is 30.3 Å². The van der Waals surface area contributed by atoms with Gasteiger partial charge in [0.1, 0.15) is 5.92 Å². The van der Waals surface area contributed by atoms with E-state index in [9.17, 15) is 10.1 Å². The summed E-state index contributed by atoms with van der Waals surface area (Å²) in [6.45, 7) is 3.63. The SMILES string of the molecule is CC1COCCN1C(=O)C(C#N)Cc1ccccc1. The lowest BCUT2D eigenvalue weighted by atomic mass is 9.98. The van der Waals surface area contributed by atoms with Gasteiger partial charge in [-0.05, 0) is 18.9 Å². The Morgan fingerprint density at radius 1 is 1.53 bits per heavy atom. The van der Waals surface area contributed by atoms with Crippen LogP contribution in [0, 0.1) is 17.2 Å². The van der Waals surface area contributed by atoms with Crippen molar-refractivity contribution >= 4 is 5.91 Å². The largest absolute Gasteiger partial charge is 0.377 e. The molecular formula is C15H18N2O2. The predicted molar refractivity (Wildman–Crippen MR) is 71.2 cm³/mol. The molecule has 4 nitrogen and oxygen atoms in total. The number of hydrogen-bond acceptors (Lipinski definition) is 3. The molecule has 0 saturated carbocycles. The van der Waals surface area contributed by atoms with Gasteiger partial charge in [0.2, 0.25) is 5.91 Å². The zero-order chi connectivity index (χ0) is 13.7. The first kappa shape index (κ1) is 13.6. The summed E-state index contributed by atoms with van der Waals surface area (Å²) in [5, 5.41) is 9.25. The van der Waals surface area contributed by atoms with E-state index < -0.39 is 5.92 Å². The zero-order valence-electron chi connectivity index (χ0n) is 11.1. The number of rotatable bonds is 3. The Morgan fingerprint density at radius 2 is 2.26 bits per heavy atom. The standard InChI is InChI=1S/C15H18N2O2/c1-12-11-19-8-7-17(12)15(18)14(10-16)9-13-5-3-2-4-6-13/h2-6,12,14H,7-9,11H2,1H3. The zero-order valence-corrected chi connectivity index (χ0v) is 11.1. The number of nitrogens with zero attached hydrogens (tertiary/aromatic N) is 2. The average molecular weight is 258 g/mol. The van der Waals surface area contributed by atoms with Crippen LogP contribution in [0.3, 0.4) is 0 Å². The van der Waals surface area contributed by atoms with E-state index in [0.29, 0.717) is 26.2 Å². The maximum absolute atomic E-state index is 12.4. The summed E-state index contributed by atoms with van der Waals surface area (Å²) in [6.07, 6.45) is 0.472. The van der Waals surface area contributed by atoms with E-state index in [1.54, 1.807) is 4.90 Å². The Bertz CT molecular complexity index is 467. The van der Waals surface area contributed by atoms with Crippen molar-refractivity contribution in [3.05, 3.63) is 35.9 Å². The molecular weight excluding hydrogens is 240 g/mol. The molecule has 100 valence electrons. The minimum Gasteiger partial charge on any atom is -0.377 e. The first-order chi connectivity index (χ1) is 9.22. The van der Waals surface area contributed by atoms with Gasteiger partial charge in [-0.25, -0.2) is 0 Å². The van der Waals surface area contributed by atoms with Crippen molar-refractivity contribution in [3.63, 3.8) is 0 Å². The number of amides is 1. The van der Waals surface area contributed by atoms with Crippen molar-refractivity contribution in [3.8, 4) is 6.07 Å². The van der Waals surface area contributed by atoms with Crippen molar-refractivity contribution in [2.45, 2.75) is 19.4 Å². The molecule has 1 fully saturated rings. The normalized spacial score (nSPS) is 20.6. The number of nitriles is 1. The molecule has 2 rings (SSSR count). The van der Waals surface area contributed by atoms with Gasteiger partial charge in [-0.15, -0.1) is 0 Å². The van der Waals surface area contributed by atoms with Crippen molar-refractivity contribution < 1.29 is 9.53 Å². The molecule has 0 spiro atoms. The molecule has 2 atom stereocenters. The van der Waals surface area contributed by atoms with Crippen LogP contribution in [-0.4, -0.2) is 36.6 Å². The number of ether oxygens (including phenoxy) is 1.